The largest absolute Gasteiger partial charge is 0.494 e. The quantitative estimate of drug-likeness (QED) is 0.631. The van der Waals surface area contributed by atoms with Crippen LogP contribution in [0, 0.1) is 13.8 Å². The van der Waals surface area contributed by atoms with E-state index in [0.29, 0.717) is 13.2 Å². The van der Waals surface area contributed by atoms with E-state index in [1.165, 1.54) is 10.4 Å². The molecule has 5 nitrogen and oxygen atoms in total. The summed E-state index contributed by atoms with van der Waals surface area (Å²) in [7, 11) is 1.77. The Kier molecular flexibility index (Phi) is 6.40. The van der Waals surface area contributed by atoms with E-state index >= 15 is 0 Å². The van der Waals surface area contributed by atoms with Crippen LogP contribution in [0.25, 0.3) is 0 Å². The van der Waals surface area contributed by atoms with Crippen LogP contribution in [0.5, 0.6) is 5.75 Å². The second-order valence-electron chi connectivity index (χ2n) is 5.18. The lowest BCUT2D eigenvalue weighted by atomic mass is 10.1. The molecule has 2 rings (SSSR count). The van der Waals surface area contributed by atoms with Gasteiger partial charge in [-0.25, -0.2) is 4.98 Å². The van der Waals surface area contributed by atoms with Crippen molar-refractivity contribution in [3.05, 3.63) is 45.4 Å². The Morgan fingerprint density at radius 2 is 2.04 bits per heavy atom. The standard InChI is InChI=1S/C17H24N4OS/c1-5-22-15-8-12(2)6-7-14(15)9-19-17(18-4)20-10-16-13(3)21-11-23-16/h6-8,11H,5,9-10H2,1-4H3,(H2,18,19,20). The third-order valence-corrected chi connectivity index (χ3v) is 4.39. The van der Waals surface area contributed by atoms with Crippen molar-refractivity contribution in [1.29, 1.82) is 0 Å². The molecular weight excluding hydrogens is 308 g/mol. The molecule has 0 saturated carbocycles. The fourth-order valence-electron chi connectivity index (χ4n) is 2.16. The number of nitrogens with zero attached hydrogens (tertiary/aromatic N) is 2. The molecule has 2 aromatic rings. The summed E-state index contributed by atoms with van der Waals surface area (Å²) in [5.41, 5.74) is 5.24. The van der Waals surface area contributed by atoms with Crippen LogP contribution in [-0.2, 0) is 13.1 Å². The molecule has 0 bridgehead atoms. The van der Waals surface area contributed by atoms with Gasteiger partial charge in [-0.15, -0.1) is 11.3 Å². The van der Waals surface area contributed by atoms with Crippen LogP contribution in [-0.4, -0.2) is 24.6 Å². The maximum atomic E-state index is 5.71. The molecule has 0 spiro atoms. The summed E-state index contributed by atoms with van der Waals surface area (Å²) in [6.45, 7) is 8.13. The predicted molar refractivity (Wildman–Crippen MR) is 96.2 cm³/mol. The molecule has 124 valence electrons. The number of aliphatic imine (C=N–C) groups is 1. The van der Waals surface area contributed by atoms with Gasteiger partial charge in [0.1, 0.15) is 5.75 Å². The molecule has 0 atom stereocenters. The van der Waals surface area contributed by atoms with Gasteiger partial charge in [0.15, 0.2) is 5.96 Å². The topological polar surface area (TPSA) is 58.5 Å². The second-order valence-corrected chi connectivity index (χ2v) is 6.12. The number of rotatable bonds is 6. The van der Waals surface area contributed by atoms with Crippen LogP contribution in [0.1, 0.15) is 28.6 Å². The molecule has 0 aliphatic carbocycles. The van der Waals surface area contributed by atoms with Gasteiger partial charge in [0, 0.05) is 24.0 Å². The molecule has 0 unspecified atom stereocenters. The second kappa shape index (κ2) is 8.53. The Morgan fingerprint density at radius 1 is 1.26 bits per heavy atom. The van der Waals surface area contributed by atoms with Crippen LogP contribution in [0.4, 0.5) is 0 Å². The molecule has 2 N–H and O–H groups in total. The number of benzene rings is 1. The zero-order chi connectivity index (χ0) is 16.7. The first-order valence-electron chi connectivity index (χ1n) is 7.69. The number of guanidine groups is 1. The van der Waals surface area contributed by atoms with Gasteiger partial charge in [-0.3, -0.25) is 4.99 Å². The van der Waals surface area contributed by atoms with Crippen LogP contribution in [0.2, 0.25) is 0 Å². The van der Waals surface area contributed by atoms with Crippen LogP contribution >= 0.6 is 11.3 Å². The maximum absolute atomic E-state index is 5.71. The monoisotopic (exact) mass is 332 g/mol. The Labute approximate surface area is 141 Å². The van der Waals surface area contributed by atoms with Gasteiger partial charge in [-0.05, 0) is 32.4 Å². The zero-order valence-corrected chi connectivity index (χ0v) is 15.0. The minimum Gasteiger partial charge on any atom is -0.494 e. The van der Waals surface area contributed by atoms with Crippen LogP contribution in [0.15, 0.2) is 28.7 Å². The minimum atomic E-state index is 0.661. The first-order chi connectivity index (χ1) is 11.1. The Bertz CT molecular complexity index is 666. The lowest BCUT2D eigenvalue weighted by Gasteiger charge is -2.14. The normalized spacial score (nSPS) is 11.4. The fraction of sp³-hybridized carbons (Fsp3) is 0.412. The first-order valence-corrected chi connectivity index (χ1v) is 8.57. The Morgan fingerprint density at radius 3 is 2.70 bits per heavy atom. The van der Waals surface area contributed by atoms with Gasteiger partial charge in [-0.1, -0.05) is 12.1 Å². The third-order valence-electron chi connectivity index (χ3n) is 3.45. The predicted octanol–water partition coefficient (Wildman–Crippen LogP) is 3.02. The highest BCUT2D eigenvalue weighted by Gasteiger charge is 2.06. The summed E-state index contributed by atoms with van der Waals surface area (Å²) in [5.74, 6) is 1.69. The highest BCUT2D eigenvalue weighted by Crippen LogP contribution is 2.20. The summed E-state index contributed by atoms with van der Waals surface area (Å²) >= 11 is 1.65. The van der Waals surface area contributed by atoms with Crippen LogP contribution < -0.4 is 15.4 Å². The van der Waals surface area contributed by atoms with E-state index in [2.05, 4.69) is 45.7 Å². The SMILES string of the molecule is CCOc1cc(C)ccc1CNC(=NC)NCc1scnc1C. The van der Waals surface area contributed by atoms with E-state index in [-0.39, 0.29) is 0 Å². The molecule has 6 heteroatoms. The Balaban J connectivity index is 1.94. The van der Waals surface area contributed by atoms with Gasteiger partial charge in [0.2, 0.25) is 0 Å². The minimum absolute atomic E-state index is 0.661. The van der Waals surface area contributed by atoms with Crippen molar-refractivity contribution in [2.75, 3.05) is 13.7 Å². The van der Waals surface area contributed by atoms with E-state index in [9.17, 15) is 0 Å². The van der Waals surface area contributed by atoms with Gasteiger partial charge < -0.3 is 15.4 Å². The van der Waals surface area contributed by atoms with Crippen molar-refractivity contribution in [2.45, 2.75) is 33.9 Å². The van der Waals surface area contributed by atoms with Gasteiger partial charge in [0.25, 0.3) is 0 Å². The number of hydrogen-bond acceptors (Lipinski definition) is 4. The van der Waals surface area contributed by atoms with Crippen molar-refractivity contribution in [1.82, 2.24) is 15.6 Å². The molecule has 23 heavy (non-hydrogen) atoms. The smallest absolute Gasteiger partial charge is 0.191 e. The van der Waals surface area contributed by atoms with E-state index < -0.39 is 0 Å². The van der Waals surface area contributed by atoms with Gasteiger partial charge in [0.05, 0.1) is 24.4 Å². The summed E-state index contributed by atoms with van der Waals surface area (Å²) in [4.78, 5) is 9.74. The molecule has 1 aromatic heterocycles. The first kappa shape index (κ1) is 17.3. The molecule has 0 fully saturated rings. The molecule has 0 radical (unpaired) electrons. The number of aryl methyl sites for hydroxylation is 2. The third kappa shape index (κ3) is 4.96. The van der Waals surface area contributed by atoms with Crippen molar-refractivity contribution < 1.29 is 4.74 Å². The summed E-state index contributed by atoms with van der Waals surface area (Å²) in [6.07, 6.45) is 0. The average Bonchev–Trinajstić information content (AvgIpc) is 2.95. The fourth-order valence-corrected chi connectivity index (χ4v) is 2.87. The van der Waals surface area contributed by atoms with Crippen molar-refractivity contribution in [2.24, 2.45) is 4.99 Å². The highest BCUT2D eigenvalue weighted by atomic mass is 32.1. The van der Waals surface area contributed by atoms with Crippen LogP contribution in [0.3, 0.4) is 0 Å². The molecule has 0 amide bonds. The van der Waals surface area contributed by atoms with E-state index in [0.717, 1.165) is 29.5 Å². The summed E-state index contributed by atoms with van der Waals surface area (Å²) in [6, 6.07) is 6.25. The number of aromatic nitrogens is 1. The van der Waals surface area contributed by atoms with Crippen molar-refractivity contribution >= 4 is 17.3 Å². The lowest BCUT2D eigenvalue weighted by molar-refractivity contribution is 0.336. The summed E-state index contributed by atoms with van der Waals surface area (Å²) < 4.78 is 5.71. The average molecular weight is 332 g/mol. The number of ether oxygens (including phenoxy) is 1. The van der Waals surface area contributed by atoms with E-state index in [4.69, 9.17) is 4.74 Å². The maximum Gasteiger partial charge on any atom is 0.191 e. The van der Waals surface area contributed by atoms with Crippen molar-refractivity contribution in [3.8, 4) is 5.75 Å². The molecular formula is C17H24N4OS. The van der Waals surface area contributed by atoms with Crippen molar-refractivity contribution in [3.63, 3.8) is 0 Å². The lowest BCUT2D eigenvalue weighted by Crippen LogP contribution is -2.36. The highest BCUT2D eigenvalue weighted by molar-refractivity contribution is 7.09. The summed E-state index contributed by atoms with van der Waals surface area (Å²) in [5, 5.41) is 6.64. The number of hydrogen-bond donors (Lipinski definition) is 2. The van der Waals surface area contributed by atoms with E-state index in [1.807, 2.05) is 19.4 Å². The molecule has 1 aromatic carbocycles. The van der Waals surface area contributed by atoms with Gasteiger partial charge >= 0.3 is 0 Å². The van der Waals surface area contributed by atoms with E-state index in [1.54, 1.807) is 18.4 Å². The molecule has 0 aliphatic heterocycles. The molecule has 0 saturated heterocycles. The molecule has 0 aliphatic rings. The number of nitrogens with one attached hydrogen (secondary N) is 2. The zero-order valence-electron chi connectivity index (χ0n) is 14.1. The molecule has 1 heterocycles. The Hall–Kier alpha value is -2.08. The van der Waals surface area contributed by atoms with Gasteiger partial charge in [-0.2, -0.15) is 0 Å². The number of thiazole rings is 1.